The molecule has 1 aromatic heterocycles. The van der Waals surface area contributed by atoms with E-state index >= 15 is 0 Å². The lowest BCUT2D eigenvalue weighted by molar-refractivity contribution is -0.120. The minimum absolute atomic E-state index is 0.111. The van der Waals surface area contributed by atoms with Gasteiger partial charge in [0.2, 0.25) is 5.91 Å². The van der Waals surface area contributed by atoms with Crippen molar-refractivity contribution in [2.24, 2.45) is 0 Å². The molecule has 1 N–H and O–H groups in total. The lowest BCUT2D eigenvalue weighted by Gasteiger charge is -2.20. The Hall–Kier alpha value is -1.75. The Morgan fingerprint density at radius 3 is 2.50 bits per heavy atom. The maximum Gasteiger partial charge on any atom is 0.238 e. The van der Waals surface area contributed by atoms with Crippen LogP contribution in [0.1, 0.15) is 66.8 Å². The van der Waals surface area contributed by atoms with Gasteiger partial charge in [0.25, 0.3) is 0 Å². The highest BCUT2D eigenvalue weighted by Crippen LogP contribution is 2.41. The molecular weight excluding hydrogens is 342 g/mol. The van der Waals surface area contributed by atoms with Crippen LogP contribution in [0.15, 0.2) is 35.5 Å². The van der Waals surface area contributed by atoms with Gasteiger partial charge >= 0.3 is 0 Å². The minimum atomic E-state index is -0.252. The van der Waals surface area contributed by atoms with Gasteiger partial charge in [-0.3, -0.25) is 4.79 Å². The van der Waals surface area contributed by atoms with E-state index < -0.39 is 0 Å². The predicted molar refractivity (Wildman–Crippen MR) is 105 cm³/mol. The van der Waals surface area contributed by atoms with Gasteiger partial charge in [-0.15, -0.1) is 0 Å². The Balaban J connectivity index is 1.65. The normalized spacial score (nSPS) is 18.8. The molecule has 2 saturated carbocycles. The van der Waals surface area contributed by atoms with Gasteiger partial charge in [0, 0.05) is 17.8 Å². The average molecular weight is 370 g/mol. The number of nitrogens with one attached hydrogen (secondary N) is 1. The number of carbonyl (C=O) groups is 1. The van der Waals surface area contributed by atoms with Crippen LogP contribution in [0.2, 0.25) is 0 Å². The molecular formula is C21H27N3OS. The molecule has 4 nitrogen and oxygen atoms in total. The number of aryl methyl sites for hydroxylation is 1. The Labute approximate surface area is 159 Å². The van der Waals surface area contributed by atoms with Gasteiger partial charge < -0.3 is 9.88 Å². The van der Waals surface area contributed by atoms with E-state index in [0.717, 1.165) is 29.3 Å². The first-order chi connectivity index (χ1) is 12.6. The topological polar surface area (TPSA) is 46.9 Å². The molecule has 2 aromatic rings. The molecule has 1 aromatic carbocycles. The van der Waals surface area contributed by atoms with E-state index in [2.05, 4.69) is 23.7 Å². The summed E-state index contributed by atoms with van der Waals surface area (Å²) < 4.78 is 2.40. The van der Waals surface area contributed by atoms with Crippen LogP contribution in [0.25, 0.3) is 0 Å². The van der Waals surface area contributed by atoms with Gasteiger partial charge in [-0.2, -0.15) is 0 Å². The van der Waals surface area contributed by atoms with Gasteiger partial charge in [-0.25, -0.2) is 4.98 Å². The first kappa shape index (κ1) is 17.7. The first-order valence-electron chi connectivity index (χ1n) is 9.71. The lowest BCUT2D eigenvalue weighted by atomic mass is 10.1. The number of carbonyl (C=O) groups excluding carboxylic acids is 1. The molecule has 26 heavy (non-hydrogen) atoms. The van der Waals surface area contributed by atoms with Gasteiger partial charge in [0.15, 0.2) is 5.16 Å². The van der Waals surface area contributed by atoms with Crippen molar-refractivity contribution in [3.8, 4) is 0 Å². The van der Waals surface area contributed by atoms with E-state index in [1.165, 1.54) is 31.4 Å². The average Bonchev–Trinajstić information content (AvgIpc) is 3.20. The molecule has 1 amide bonds. The summed E-state index contributed by atoms with van der Waals surface area (Å²) in [6.45, 7) is 4.24. The van der Waals surface area contributed by atoms with Crippen molar-refractivity contribution in [1.29, 1.82) is 0 Å². The van der Waals surface area contributed by atoms with Gasteiger partial charge in [0.05, 0.1) is 5.69 Å². The van der Waals surface area contributed by atoms with E-state index in [1.807, 2.05) is 30.3 Å². The zero-order valence-corrected chi connectivity index (χ0v) is 16.4. The van der Waals surface area contributed by atoms with E-state index in [4.69, 9.17) is 4.98 Å². The van der Waals surface area contributed by atoms with E-state index in [1.54, 1.807) is 11.8 Å². The standard InChI is InChI=1S/C21H27N3OS/c1-14-15(2)24(18-10-6-7-11-18)21(22-14)26-19(16-8-4-3-5-9-16)20(25)23-17-12-13-17/h3-5,8-9,17-19H,6-7,10-13H2,1-2H3,(H,23,25)/t19-/m0/s1. The Morgan fingerprint density at radius 1 is 1.15 bits per heavy atom. The van der Waals surface area contributed by atoms with Crippen molar-refractivity contribution < 1.29 is 4.79 Å². The largest absolute Gasteiger partial charge is 0.352 e. The van der Waals surface area contributed by atoms with Crippen molar-refractivity contribution in [2.45, 2.75) is 74.9 Å². The van der Waals surface area contributed by atoms with Crippen LogP contribution in [0, 0.1) is 13.8 Å². The summed E-state index contributed by atoms with van der Waals surface area (Å²) in [4.78, 5) is 17.8. The molecule has 2 fully saturated rings. The molecule has 0 aliphatic heterocycles. The number of hydrogen-bond acceptors (Lipinski definition) is 3. The fourth-order valence-corrected chi connectivity index (χ4v) is 5.05. The summed E-state index contributed by atoms with van der Waals surface area (Å²) in [5.74, 6) is 0.111. The number of benzene rings is 1. The second-order valence-electron chi connectivity index (χ2n) is 7.56. The van der Waals surface area contributed by atoms with Crippen LogP contribution in [-0.4, -0.2) is 21.5 Å². The van der Waals surface area contributed by atoms with Crippen LogP contribution < -0.4 is 5.32 Å². The van der Waals surface area contributed by atoms with Crippen molar-refractivity contribution in [1.82, 2.24) is 14.9 Å². The number of amides is 1. The number of thioether (sulfide) groups is 1. The zero-order valence-electron chi connectivity index (χ0n) is 15.6. The SMILES string of the molecule is Cc1nc(S[C@H](C(=O)NC2CC2)c2ccccc2)n(C2CCCC2)c1C. The van der Waals surface area contributed by atoms with Crippen LogP contribution in [0.5, 0.6) is 0 Å². The smallest absolute Gasteiger partial charge is 0.238 e. The third-order valence-electron chi connectivity index (χ3n) is 5.53. The number of aromatic nitrogens is 2. The van der Waals surface area contributed by atoms with Crippen molar-refractivity contribution in [3.05, 3.63) is 47.3 Å². The fraction of sp³-hybridized carbons (Fsp3) is 0.524. The highest BCUT2D eigenvalue weighted by molar-refractivity contribution is 8.00. The predicted octanol–water partition coefficient (Wildman–Crippen LogP) is 4.73. The fourth-order valence-electron chi connectivity index (χ4n) is 3.78. The molecule has 2 aliphatic carbocycles. The highest BCUT2D eigenvalue weighted by atomic mass is 32.2. The third-order valence-corrected chi connectivity index (χ3v) is 6.75. The number of imidazole rings is 1. The van der Waals surface area contributed by atoms with Crippen LogP contribution in [0.3, 0.4) is 0 Å². The highest BCUT2D eigenvalue weighted by Gasteiger charge is 2.31. The molecule has 138 valence electrons. The first-order valence-corrected chi connectivity index (χ1v) is 10.6. The van der Waals surface area contributed by atoms with Gasteiger partial charge in [-0.1, -0.05) is 54.9 Å². The zero-order chi connectivity index (χ0) is 18.1. The summed E-state index contributed by atoms with van der Waals surface area (Å²) >= 11 is 1.61. The van der Waals surface area contributed by atoms with Crippen LogP contribution >= 0.6 is 11.8 Å². The summed E-state index contributed by atoms with van der Waals surface area (Å²) in [6.07, 6.45) is 7.22. The monoisotopic (exact) mass is 369 g/mol. The van der Waals surface area contributed by atoms with Crippen LogP contribution in [-0.2, 0) is 4.79 Å². The second-order valence-corrected chi connectivity index (χ2v) is 8.64. The molecule has 5 heteroatoms. The maximum atomic E-state index is 13.0. The van der Waals surface area contributed by atoms with E-state index in [-0.39, 0.29) is 11.2 Å². The third kappa shape index (κ3) is 3.68. The molecule has 1 heterocycles. The van der Waals surface area contributed by atoms with Gasteiger partial charge in [-0.05, 0) is 45.1 Å². The molecule has 1 atom stereocenters. The second kappa shape index (κ2) is 7.47. The summed E-state index contributed by atoms with van der Waals surface area (Å²) in [5, 5.41) is 3.93. The molecule has 0 unspecified atom stereocenters. The Bertz CT molecular complexity index is 776. The lowest BCUT2D eigenvalue weighted by Crippen LogP contribution is -2.30. The molecule has 2 aliphatic rings. The Kier molecular flexibility index (Phi) is 5.07. The maximum absolute atomic E-state index is 13.0. The number of nitrogens with zero attached hydrogens (tertiary/aromatic N) is 2. The minimum Gasteiger partial charge on any atom is -0.352 e. The molecule has 0 bridgehead atoms. The number of hydrogen-bond donors (Lipinski definition) is 1. The quantitative estimate of drug-likeness (QED) is 0.749. The van der Waals surface area contributed by atoms with E-state index in [0.29, 0.717) is 12.1 Å². The summed E-state index contributed by atoms with van der Waals surface area (Å²) in [6, 6.07) is 11.0. The van der Waals surface area contributed by atoms with Crippen molar-refractivity contribution in [3.63, 3.8) is 0 Å². The van der Waals surface area contributed by atoms with Crippen molar-refractivity contribution >= 4 is 17.7 Å². The molecule has 0 spiro atoms. The Morgan fingerprint density at radius 2 is 1.85 bits per heavy atom. The molecule has 4 rings (SSSR count). The van der Waals surface area contributed by atoms with Gasteiger partial charge in [0.1, 0.15) is 5.25 Å². The van der Waals surface area contributed by atoms with Crippen molar-refractivity contribution in [2.75, 3.05) is 0 Å². The number of rotatable bonds is 6. The van der Waals surface area contributed by atoms with Crippen LogP contribution in [0.4, 0.5) is 0 Å². The van der Waals surface area contributed by atoms with E-state index in [9.17, 15) is 4.79 Å². The summed E-state index contributed by atoms with van der Waals surface area (Å²) in [7, 11) is 0. The molecule has 0 saturated heterocycles. The summed E-state index contributed by atoms with van der Waals surface area (Å²) in [5.41, 5.74) is 3.37. The molecule has 0 radical (unpaired) electrons.